The van der Waals surface area contributed by atoms with Crippen LogP contribution < -0.4 is 5.32 Å². The Bertz CT molecular complexity index is 324. The van der Waals surface area contributed by atoms with Gasteiger partial charge in [-0.1, -0.05) is 36.8 Å². The van der Waals surface area contributed by atoms with Crippen molar-refractivity contribution in [3.63, 3.8) is 0 Å². The average molecular weight is 251 g/mol. The van der Waals surface area contributed by atoms with E-state index in [0.717, 1.165) is 12.8 Å². The van der Waals surface area contributed by atoms with Gasteiger partial charge in [-0.15, -0.1) is 0 Å². The largest absolute Gasteiger partial charge is 0.395 e. The minimum absolute atomic E-state index is 0.0937. The molecule has 102 valence electrons. The van der Waals surface area contributed by atoms with Gasteiger partial charge >= 0.3 is 0 Å². The van der Waals surface area contributed by atoms with Crippen LogP contribution in [0, 0.1) is 6.92 Å². The highest BCUT2D eigenvalue weighted by Gasteiger charge is 2.14. The molecule has 0 bridgehead atoms. The summed E-state index contributed by atoms with van der Waals surface area (Å²) in [6.45, 7) is 5.06. The van der Waals surface area contributed by atoms with E-state index in [2.05, 4.69) is 43.4 Å². The van der Waals surface area contributed by atoms with Crippen molar-refractivity contribution in [3.05, 3.63) is 35.4 Å². The number of benzene rings is 1. The predicted molar refractivity (Wildman–Crippen MR) is 74.7 cm³/mol. The zero-order valence-electron chi connectivity index (χ0n) is 11.6. The number of nitrogens with one attached hydrogen (secondary N) is 1. The Labute approximate surface area is 110 Å². The fourth-order valence-electron chi connectivity index (χ4n) is 2.02. The van der Waals surface area contributed by atoms with Crippen molar-refractivity contribution in [2.45, 2.75) is 38.8 Å². The molecule has 0 saturated carbocycles. The van der Waals surface area contributed by atoms with Crippen molar-refractivity contribution >= 4 is 0 Å². The summed E-state index contributed by atoms with van der Waals surface area (Å²) < 4.78 is 5.06. The van der Waals surface area contributed by atoms with Crippen LogP contribution in [-0.2, 0) is 4.74 Å². The number of aliphatic hydroxyl groups is 1. The van der Waals surface area contributed by atoms with E-state index in [-0.39, 0.29) is 12.6 Å². The summed E-state index contributed by atoms with van der Waals surface area (Å²) in [5, 5.41) is 12.9. The molecule has 0 aliphatic heterocycles. The molecule has 18 heavy (non-hydrogen) atoms. The number of methoxy groups -OCH3 is 1. The molecule has 0 aliphatic rings. The summed E-state index contributed by atoms with van der Waals surface area (Å²) in [5.74, 6) is 0. The van der Waals surface area contributed by atoms with E-state index in [1.54, 1.807) is 7.11 Å². The van der Waals surface area contributed by atoms with E-state index in [9.17, 15) is 5.11 Å². The van der Waals surface area contributed by atoms with Gasteiger partial charge < -0.3 is 15.2 Å². The summed E-state index contributed by atoms with van der Waals surface area (Å²) in [4.78, 5) is 0. The van der Waals surface area contributed by atoms with E-state index in [1.807, 2.05) is 0 Å². The van der Waals surface area contributed by atoms with Gasteiger partial charge in [0, 0.05) is 25.8 Å². The predicted octanol–water partition coefficient (Wildman–Crippen LogP) is 2.43. The Kier molecular flexibility index (Phi) is 6.94. The standard InChI is InChI=1S/C15H25NO2/c1-4-15(13-7-5-12(2)6-8-13)16-14(11-17)9-10-18-3/h5-8,14-17H,4,9-11H2,1-3H3. The first-order valence-electron chi connectivity index (χ1n) is 6.63. The molecule has 3 heteroatoms. The first-order valence-corrected chi connectivity index (χ1v) is 6.63. The van der Waals surface area contributed by atoms with Crippen molar-refractivity contribution in [3.8, 4) is 0 Å². The number of aryl methyl sites for hydroxylation is 1. The van der Waals surface area contributed by atoms with E-state index in [4.69, 9.17) is 4.74 Å². The number of rotatable bonds is 8. The molecule has 3 nitrogen and oxygen atoms in total. The van der Waals surface area contributed by atoms with Crippen LogP contribution in [0.2, 0.25) is 0 Å². The third-order valence-electron chi connectivity index (χ3n) is 3.22. The summed E-state index contributed by atoms with van der Waals surface area (Å²) in [7, 11) is 1.69. The first kappa shape index (κ1) is 15.2. The number of ether oxygens (including phenoxy) is 1. The lowest BCUT2D eigenvalue weighted by Gasteiger charge is -2.24. The second-order valence-corrected chi connectivity index (χ2v) is 4.70. The van der Waals surface area contributed by atoms with Gasteiger partial charge in [0.25, 0.3) is 0 Å². The quantitative estimate of drug-likeness (QED) is 0.745. The van der Waals surface area contributed by atoms with E-state index in [0.29, 0.717) is 12.6 Å². The highest BCUT2D eigenvalue weighted by atomic mass is 16.5. The second kappa shape index (κ2) is 8.25. The van der Waals surface area contributed by atoms with Gasteiger partial charge in [-0.2, -0.15) is 0 Å². The second-order valence-electron chi connectivity index (χ2n) is 4.70. The molecule has 0 fully saturated rings. The summed E-state index contributed by atoms with van der Waals surface area (Å²) in [6, 6.07) is 8.95. The van der Waals surface area contributed by atoms with Gasteiger partial charge in [0.15, 0.2) is 0 Å². The molecule has 1 aromatic carbocycles. The molecule has 0 aromatic heterocycles. The van der Waals surface area contributed by atoms with E-state index >= 15 is 0 Å². The average Bonchev–Trinajstić information content (AvgIpc) is 2.40. The van der Waals surface area contributed by atoms with Crippen LogP contribution in [0.3, 0.4) is 0 Å². The van der Waals surface area contributed by atoms with Gasteiger partial charge in [0.05, 0.1) is 6.61 Å². The highest BCUT2D eigenvalue weighted by molar-refractivity contribution is 5.24. The smallest absolute Gasteiger partial charge is 0.0585 e. The molecule has 2 unspecified atom stereocenters. The van der Waals surface area contributed by atoms with Crippen LogP contribution in [0.5, 0.6) is 0 Å². The van der Waals surface area contributed by atoms with Crippen LogP contribution in [0.4, 0.5) is 0 Å². The summed E-state index contributed by atoms with van der Waals surface area (Å²) >= 11 is 0. The maximum Gasteiger partial charge on any atom is 0.0585 e. The van der Waals surface area contributed by atoms with Gasteiger partial charge in [-0.05, 0) is 25.3 Å². The Hall–Kier alpha value is -0.900. The lowest BCUT2D eigenvalue weighted by Crippen LogP contribution is -2.36. The zero-order valence-corrected chi connectivity index (χ0v) is 11.6. The van der Waals surface area contributed by atoms with Crippen LogP contribution in [0.15, 0.2) is 24.3 Å². The maximum absolute atomic E-state index is 9.37. The summed E-state index contributed by atoms with van der Waals surface area (Å²) in [5.41, 5.74) is 2.55. The van der Waals surface area contributed by atoms with Crippen LogP contribution in [0.1, 0.15) is 36.9 Å². The van der Waals surface area contributed by atoms with Gasteiger partial charge in [0.2, 0.25) is 0 Å². The number of hydrogen-bond donors (Lipinski definition) is 2. The summed E-state index contributed by atoms with van der Waals surface area (Å²) in [6.07, 6.45) is 1.84. The maximum atomic E-state index is 9.37. The molecule has 0 aliphatic carbocycles. The van der Waals surface area contributed by atoms with Crippen molar-refractivity contribution < 1.29 is 9.84 Å². The molecular weight excluding hydrogens is 226 g/mol. The fourth-order valence-corrected chi connectivity index (χ4v) is 2.02. The molecule has 2 atom stereocenters. The van der Waals surface area contributed by atoms with Gasteiger partial charge in [-0.3, -0.25) is 0 Å². The fraction of sp³-hybridized carbons (Fsp3) is 0.600. The Balaban J connectivity index is 2.62. The van der Waals surface area contributed by atoms with Crippen LogP contribution >= 0.6 is 0 Å². The molecular formula is C15H25NO2. The third kappa shape index (κ3) is 4.77. The molecule has 0 spiro atoms. The van der Waals surface area contributed by atoms with E-state index < -0.39 is 0 Å². The highest BCUT2D eigenvalue weighted by Crippen LogP contribution is 2.18. The van der Waals surface area contributed by atoms with Gasteiger partial charge in [0.1, 0.15) is 0 Å². The Morgan fingerprint density at radius 1 is 1.28 bits per heavy atom. The minimum atomic E-state index is 0.0937. The molecule has 2 N–H and O–H groups in total. The topological polar surface area (TPSA) is 41.5 Å². The third-order valence-corrected chi connectivity index (χ3v) is 3.22. The monoisotopic (exact) mass is 251 g/mol. The van der Waals surface area contributed by atoms with Crippen molar-refractivity contribution in [2.24, 2.45) is 0 Å². The lowest BCUT2D eigenvalue weighted by molar-refractivity contribution is 0.154. The molecule has 0 saturated heterocycles. The van der Waals surface area contributed by atoms with Crippen LogP contribution in [-0.4, -0.2) is 31.5 Å². The van der Waals surface area contributed by atoms with E-state index in [1.165, 1.54) is 11.1 Å². The van der Waals surface area contributed by atoms with Crippen LogP contribution in [0.25, 0.3) is 0 Å². The Morgan fingerprint density at radius 3 is 2.44 bits per heavy atom. The zero-order chi connectivity index (χ0) is 13.4. The Morgan fingerprint density at radius 2 is 1.94 bits per heavy atom. The SMILES string of the molecule is CCC(NC(CO)CCOC)c1ccc(C)cc1. The molecule has 0 radical (unpaired) electrons. The number of hydrogen-bond acceptors (Lipinski definition) is 3. The van der Waals surface area contributed by atoms with Crippen molar-refractivity contribution in [1.82, 2.24) is 5.32 Å². The molecule has 1 rings (SSSR count). The van der Waals surface area contributed by atoms with Crippen molar-refractivity contribution in [1.29, 1.82) is 0 Å². The normalized spacial score (nSPS) is 14.4. The molecule has 1 aromatic rings. The minimum Gasteiger partial charge on any atom is -0.395 e. The lowest BCUT2D eigenvalue weighted by atomic mass is 10.0. The molecule has 0 amide bonds. The molecule has 0 heterocycles. The first-order chi connectivity index (χ1) is 8.71. The van der Waals surface area contributed by atoms with Crippen molar-refractivity contribution in [2.75, 3.05) is 20.3 Å². The van der Waals surface area contributed by atoms with Gasteiger partial charge in [-0.25, -0.2) is 0 Å². The number of aliphatic hydroxyl groups excluding tert-OH is 1.